The van der Waals surface area contributed by atoms with Crippen LogP contribution in [0.2, 0.25) is 0 Å². The van der Waals surface area contributed by atoms with Crippen molar-refractivity contribution in [1.82, 2.24) is 9.97 Å². The zero-order chi connectivity index (χ0) is 22.2. The minimum atomic E-state index is -0.765. The van der Waals surface area contributed by atoms with E-state index in [-0.39, 0.29) is 0 Å². The molecular formula is C27H41FN2O. The summed E-state index contributed by atoms with van der Waals surface area (Å²) in [6, 6.07) is 7.76. The van der Waals surface area contributed by atoms with Gasteiger partial charge in [0.2, 0.25) is 0 Å². The number of rotatable bonds is 17. The number of unbranched alkanes of at least 4 members (excludes halogenated alkanes) is 8. The molecule has 0 N–H and O–H groups in total. The number of nitrogens with zero attached hydrogens (tertiary/aromatic N) is 2. The van der Waals surface area contributed by atoms with Gasteiger partial charge < -0.3 is 4.74 Å². The molecule has 0 fully saturated rings. The molecule has 0 saturated heterocycles. The molecular weight excluding hydrogens is 387 g/mol. The summed E-state index contributed by atoms with van der Waals surface area (Å²) in [6.07, 6.45) is 17.7. The molecule has 1 heterocycles. The van der Waals surface area contributed by atoms with Crippen molar-refractivity contribution in [1.29, 1.82) is 0 Å². The lowest BCUT2D eigenvalue weighted by Gasteiger charge is -2.10. The third-order valence-electron chi connectivity index (χ3n) is 5.71. The van der Waals surface area contributed by atoms with Crippen molar-refractivity contribution in [3.63, 3.8) is 0 Å². The third kappa shape index (κ3) is 10.8. The first-order valence-electron chi connectivity index (χ1n) is 12.4. The minimum Gasteiger partial charge on any atom is -0.493 e. The standard InChI is InChI=1S/C27H41FN2O/c1-3-5-7-8-9-10-12-13-23-21-29-27(30-22-23)24-15-17-26(18-16-24)31-20-19-25(28)14-11-6-4-2/h15-18,21-22,25H,3-14,19-20H2,1-2H3. The maximum absolute atomic E-state index is 13.8. The molecule has 1 aromatic carbocycles. The zero-order valence-electron chi connectivity index (χ0n) is 19.6. The Labute approximate surface area is 188 Å². The predicted molar refractivity (Wildman–Crippen MR) is 128 cm³/mol. The van der Waals surface area contributed by atoms with Crippen LogP contribution in [0.5, 0.6) is 5.75 Å². The lowest BCUT2D eigenvalue weighted by atomic mass is 10.1. The van der Waals surface area contributed by atoms with Crippen molar-refractivity contribution in [2.24, 2.45) is 0 Å². The summed E-state index contributed by atoms with van der Waals surface area (Å²) >= 11 is 0. The summed E-state index contributed by atoms with van der Waals surface area (Å²) in [7, 11) is 0. The molecule has 0 amide bonds. The summed E-state index contributed by atoms with van der Waals surface area (Å²) in [4.78, 5) is 9.07. The van der Waals surface area contributed by atoms with E-state index in [9.17, 15) is 4.39 Å². The number of hydrogen-bond donors (Lipinski definition) is 0. The van der Waals surface area contributed by atoms with Gasteiger partial charge in [0.1, 0.15) is 11.9 Å². The van der Waals surface area contributed by atoms with Crippen LogP contribution in [0.4, 0.5) is 4.39 Å². The average molecular weight is 429 g/mol. The van der Waals surface area contributed by atoms with E-state index in [1.54, 1.807) is 0 Å². The Hall–Kier alpha value is -1.97. The fourth-order valence-electron chi connectivity index (χ4n) is 3.68. The van der Waals surface area contributed by atoms with Crippen LogP contribution in [-0.2, 0) is 6.42 Å². The first-order chi connectivity index (χ1) is 15.2. The highest BCUT2D eigenvalue weighted by atomic mass is 19.1. The Morgan fingerprint density at radius 3 is 2.06 bits per heavy atom. The van der Waals surface area contributed by atoms with E-state index < -0.39 is 6.17 Å². The van der Waals surface area contributed by atoms with Gasteiger partial charge in [-0.2, -0.15) is 0 Å². The van der Waals surface area contributed by atoms with Gasteiger partial charge in [-0.15, -0.1) is 0 Å². The lowest BCUT2D eigenvalue weighted by Crippen LogP contribution is -2.07. The molecule has 1 unspecified atom stereocenters. The minimum absolute atomic E-state index is 0.413. The summed E-state index contributed by atoms with van der Waals surface area (Å²) in [5.74, 6) is 1.50. The maximum Gasteiger partial charge on any atom is 0.159 e. The second kappa shape index (κ2) is 15.8. The molecule has 0 aliphatic carbocycles. The van der Waals surface area contributed by atoms with Crippen molar-refractivity contribution >= 4 is 0 Å². The fourth-order valence-corrected chi connectivity index (χ4v) is 3.68. The van der Waals surface area contributed by atoms with Crippen molar-refractivity contribution in [3.05, 3.63) is 42.2 Å². The highest BCUT2D eigenvalue weighted by molar-refractivity contribution is 5.55. The Balaban J connectivity index is 1.68. The molecule has 0 spiro atoms. The van der Waals surface area contributed by atoms with Crippen molar-refractivity contribution < 1.29 is 9.13 Å². The fraction of sp³-hybridized carbons (Fsp3) is 0.630. The summed E-state index contributed by atoms with van der Waals surface area (Å²) in [6.45, 7) is 4.80. The first kappa shape index (κ1) is 25.3. The topological polar surface area (TPSA) is 35.0 Å². The van der Waals surface area contributed by atoms with E-state index in [1.165, 1.54) is 50.5 Å². The van der Waals surface area contributed by atoms with Crippen LogP contribution in [-0.4, -0.2) is 22.7 Å². The third-order valence-corrected chi connectivity index (χ3v) is 5.71. The van der Waals surface area contributed by atoms with Gasteiger partial charge in [-0.05, 0) is 49.1 Å². The van der Waals surface area contributed by atoms with Gasteiger partial charge in [0.25, 0.3) is 0 Å². The first-order valence-corrected chi connectivity index (χ1v) is 12.4. The van der Waals surface area contributed by atoms with Gasteiger partial charge in [0, 0.05) is 24.4 Å². The molecule has 0 saturated carbocycles. The molecule has 0 aliphatic rings. The highest BCUT2D eigenvalue weighted by Gasteiger charge is 2.07. The second-order valence-corrected chi connectivity index (χ2v) is 8.54. The van der Waals surface area contributed by atoms with E-state index in [2.05, 4.69) is 23.8 Å². The lowest BCUT2D eigenvalue weighted by molar-refractivity contribution is 0.223. The molecule has 172 valence electrons. The number of aryl methyl sites for hydroxylation is 1. The van der Waals surface area contributed by atoms with Crippen LogP contribution in [0.1, 0.15) is 96.5 Å². The number of alkyl halides is 1. The monoisotopic (exact) mass is 428 g/mol. The van der Waals surface area contributed by atoms with Crippen LogP contribution in [0, 0.1) is 0 Å². The molecule has 0 radical (unpaired) electrons. The van der Waals surface area contributed by atoms with Gasteiger partial charge in [0.15, 0.2) is 5.82 Å². The Morgan fingerprint density at radius 1 is 0.774 bits per heavy atom. The van der Waals surface area contributed by atoms with E-state index in [0.717, 1.165) is 42.8 Å². The number of halogens is 1. The normalized spacial score (nSPS) is 12.1. The maximum atomic E-state index is 13.8. The van der Waals surface area contributed by atoms with Crippen LogP contribution in [0.15, 0.2) is 36.7 Å². The smallest absolute Gasteiger partial charge is 0.159 e. The molecule has 31 heavy (non-hydrogen) atoms. The number of hydrogen-bond acceptors (Lipinski definition) is 3. The zero-order valence-corrected chi connectivity index (χ0v) is 19.6. The number of benzene rings is 1. The van der Waals surface area contributed by atoms with E-state index in [1.807, 2.05) is 36.7 Å². The van der Waals surface area contributed by atoms with Gasteiger partial charge in [0.05, 0.1) is 6.61 Å². The Kier molecular flexibility index (Phi) is 12.9. The molecule has 2 aromatic rings. The molecule has 3 nitrogen and oxygen atoms in total. The van der Waals surface area contributed by atoms with Gasteiger partial charge in [-0.25, -0.2) is 14.4 Å². The largest absolute Gasteiger partial charge is 0.493 e. The van der Waals surface area contributed by atoms with Crippen LogP contribution in [0.25, 0.3) is 11.4 Å². The predicted octanol–water partition coefficient (Wildman–Crippen LogP) is 8.12. The molecule has 2 rings (SSSR count). The van der Waals surface area contributed by atoms with Crippen molar-refractivity contribution in [3.8, 4) is 17.1 Å². The molecule has 1 atom stereocenters. The quantitative estimate of drug-likeness (QED) is 0.239. The summed E-state index contributed by atoms with van der Waals surface area (Å²) < 4.78 is 19.5. The van der Waals surface area contributed by atoms with Gasteiger partial charge in [-0.3, -0.25) is 0 Å². The second-order valence-electron chi connectivity index (χ2n) is 8.54. The van der Waals surface area contributed by atoms with Crippen molar-refractivity contribution in [2.75, 3.05) is 6.61 Å². The molecule has 4 heteroatoms. The average Bonchev–Trinajstić information content (AvgIpc) is 2.80. The number of aromatic nitrogens is 2. The van der Waals surface area contributed by atoms with Crippen LogP contribution in [0.3, 0.4) is 0 Å². The number of ether oxygens (including phenoxy) is 1. The highest BCUT2D eigenvalue weighted by Crippen LogP contribution is 2.20. The molecule has 0 aliphatic heterocycles. The summed E-state index contributed by atoms with van der Waals surface area (Å²) in [5.41, 5.74) is 2.18. The molecule has 0 bridgehead atoms. The van der Waals surface area contributed by atoms with Gasteiger partial charge >= 0.3 is 0 Å². The Bertz CT molecular complexity index is 687. The van der Waals surface area contributed by atoms with E-state index in [0.29, 0.717) is 19.4 Å². The van der Waals surface area contributed by atoms with Crippen molar-refractivity contribution in [2.45, 2.75) is 103 Å². The van der Waals surface area contributed by atoms with E-state index >= 15 is 0 Å². The van der Waals surface area contributed by atoms with Gasteiger partial charge in [-0.1, -0.05) is 71.6 Å². The van der Waals surface area contributed by atoms with Crippen LogP contribution >= 0.6 is 0 Å². The van der Waals surface area contributed by atoms with Crippen LogP contribution < -0.4 is 4.74 Å². The Morgan fingerprint density at radius 2 is 1.39 bits per heavy atom. The summed E-state index contributed by atoms with van der Waals surface area (Å²) in [5, 5.41) is 0. The molecule has 1 aromatic heterocycles. The van der Waals surface area contributed by atoms with E-state index in [4.69, 9.17) is 4.74 Å². The SMILES string of the molecule is CCCCCCCCCc1cnc(-c2ccc(OCCC(F)CCCCC)cc2)nc1.